The summed E-state index contributed by atoms with van der Waals surface area (Å²) in [6.45, 7) is 2.39. The van der Waals surface area contributed by atoms with Gasteiger partial charge >= 0.3 is 0 Å². The first-order chi connectivity index (χ1) is 5.74. The smallest absolute Gasteiger partial charge is 0.156 e. The molecule has 0 fully saturated rings. The summed E-state index contributed by atoms with van der Waals surface area (Å²) in [5.74, 6) is 0.544. The van der Waals surface area contributed by atoms with Crippen LogP contribution in [0, 0.1) is 5.92 Å². The van der Waals surface area contributed by atoms with Crippen molar-refractivity contribution in [1.29, 1.82) is 0 Å². The fraction of sp³-hybridized carbons (Fsp3) is 1.00. The molecule has 1 unspecified atom stereocenters. The van der Waals surface area contributed by atoms with Crippen molar-refractivity contribution < 1.29 is 14.6 Å². The normalized spacial score (nSPS) is 13.8. The average Bonchev–Trinajstić information content (AvgIpc) is 2.07. The quantitative estimate of drug-likeness (QED) is 0.596. The molecule has 0 bridgehead atoms. The maximum absolute atomic E-state index is 8.65. The molecule has 1 atom stereocenters. The molecular formula is C9H20O3. The fourth-order valence-electron chi connectivity index (χ4n) is 1.12. The van der Waals surface area contributed by atoms with Gasteiger partial charge in [-0.3, -0.25) is 0 Å². The number of methoxy groups -OCH3 is 2. The third-order valence-corrected chi connectivity index (χ3v) is 2.04. The van der Waals surface area contributed by atoms with Gasteiger partial charge in [0, 0.05) is 20.8 Å². The number of hydrogen-bond acceptors (Lipinski definition) is 3. The number of rotatable bonds is 7. The highest BCUT2D eigenvalue weighted by Gasteiger charge is 2.07. The van der Waals surface area contributed by atoms with Crippen LogP contribution in [0.1, 0.15) is 26.2 Å². The molecule has 0 aromatic rings. The molecule has 0 heterocycles. The Kier molecular flexibility index (Phi) is 7.45. The van der Waals surface area contributed by atoms with E-state index in [1.54, 1.807) is 14.2 Å². The van der Waals surface area contributed by atoms with Crippen LogP contribution in [0.15, 0.2) is 0 Å². The van der Waals surface area contributed by atoms with Crippen molar-refractivity contribution in [3.63, 3.8) is 0 Å². The topological polar surface area (TPSA) is 38.7 Å². The fourth-order valence-corrected chi connectivity index (χ4v) is 1.12. The molecule has 0 aliphatic heterocycles. The Hall–Kier alpha value is -0.120. The monoisotopic (exact) mass is 176 g/mol. The minimum atomic E-state index is -0.0915. The van der Waals surface area contributed by atoms with Gasteiger partial charge in [-0.05, 0) is 25.2 Å². The van der Waals surface area contributed by atoms with Crippen LogP contribution in [0.5, 0.6) is 0 Å². The van der Waals surface area contributed by atoms with Crippen LogP contribution in [0.4, 0.5) is 0 Å². The van der Waals surface area contributed by atoms with E-state index in [0.29, 0.717) is 5.92 Å². The summed E-state index contributed by atoms with van der Waals surface area (Å²) < 4.78 is 10.1. The first-order valence-electron chi connectivity index (χ1n) is 4.41. The largest absolute Gasteiger partial charge is 0.396 e. The molecule has 0 spiro atoms. The van der Waals surface area contributed by atoms with Gasteiger partial charge in [-0.1, -0.05) is 6.92 Å². The maximum atomic E-state index is 8.65. The van der Waals surface area contributed by atoms with Crippen LogP contribution in [0.2, 0.25) is 0 Å². The highest BCUT2D eigenvalue weighted by molar-refractivity contribution is 4.54. The zero-order valence-corrected chi connectivity index (χ0v) is 8.25. The molecule has 0 saturated heterocycles. The van der Waals surface area contributed by atoms with Crippen molar-refractivity contribution in [3.05, 3.63) is 0 Å². The van der Waals surface area contributed by atoms with E-state index < -0.39 is 0 Å². The van der Waals surface area contributed by atoms with E-state index in [1.807, 2.05) is 0 Å². The zero-order chi connectivity index (χ0) is 9.40. The minimum Gasteiger partial charge on any atom is -0.396 e. The molecule has 74 valence electrons. The summed E-state index contributed by atoms with van der Waals surface area (Å²) in [6.07, 6.45) is 2.70. The molecule has 0 radical (unpaired) electrons. The van der Waals surface area contributed by atoms with Crippen molar-refractivity contribution in [3.8, 4) is 0 Å². The lowest BCUT2D eigenvalue weighted by Crippen LogP contribution is -2.14. The molecule has 3 nitrogen and oxygen atoms in total. The molecule has 0 aliphatic rings. The van der Waals surface area contributed by atoms with E-state index in [2.05, 4.69) is 6.92 Å². The van der Waals surface area contributed by atoms with E-state index in [-0.39, 0.29) is 12.9 Å². The lowest BCUT2D eigenvalue weighted by atomic mass is 10.0. The molecule has 0 rings (SSSR count). The number of hydrogen-bond donors (Lipinski definition) is 1. The lowest BCUT2D eigenvalue weighted by molar-refractivity contribution is -0.108. The van der Waals surface area contributed by atoms with Gasteiger partial charge in [0.15, 0.2) is 6.29 Å². The minimum absolute atomic E-state index is 0.0915. The molecule has 0 aliphatic carbocycles. The summed E-state index contributed by atoms with van der Waals surface area (Å²) in [5, 5.41) is 8.65. The summed E-state index contributed by atoms with van der Waals surface area (Å²) in [6, 6.07) is 0. The van der Waals surface area contributed by atoms with Gasteiger partial charge in [-0.25, -0.2) is 0 Å². The van der Waals surface area contributed by atoms with Crippen LogP contribution in [0.25, 0.3) is 0 Å². The van der Waals surface area contributed by atoms with Crippen LogP contribution >= 0.6 is 0 Å². The average molecular weight is 176 g/mol. The Balaban J connectivity index is 3.37. The first-order valence-corrected chi connectivity index (χ1v) is 4.41. The van der Waals surface area contributed by atoms with Crippen molar-refractivity contribution >= 4 is 0 Å². The molecule has 3 heteroatoms. The van der Waals surface area contributed by atoms with E-state index in [9.17, 15) is 0 Å². The van der Waals surface area contributed by atoms with Crippen molar-refractivity contribution in [1.82, 2.24) is 0 Å². The maximum Gasteiger partial charge on any atom is 0.156 e. The third kappa shape index (κ3) is 5.52. The van der Waals surface area contributed by atoms with E-state index in [0.717, 1.165) is 19.3 Å². The standard InChI is InChI=1S/C9H20O3/c1-8(6-7-10)4-5-9(11-2)12-3/h8-10H,4-7H2,1-3H3. The Morgan fingerprint density at radius 2 is 1.67 bits per heavy atom. The molecule has 12 heavy (non-hydrogen) atoms. The lowest BCUT2D eigenvalue weighted by Gasteiger charge is -2.15. The van der Waals surface area contributed by atoms with Gasteiger partial charge in [0.05, 0.1) is 0 Å². The summed E-state index contributed by atoms with van der Waals surface area (Å²) >= 11 is 0. The van der Waals surface area contributed by atoms with Crippen LogP contribution < -0.4 is 0 Å². The summed E-state index contributed by atoms with van der Waals surface area (Å²) in [5.41, 5.74) is 0. The molecule has 0 aromatic carbocycles. The predicted octanol–water partition coefficient (Wildman–Crippen LogP) is 1.40. The van der Waals surface area contributed by atoms with Gasteiger partial charge in [0.25, 0.3) is 0 Å². The van der Waals surface area contributed by atoms with Gasteiger partial charge < -0.3 is 14.6 Å². The zero-order valence-electron chi connectivity index (χ0n) is 8.25. The van der Waals surface area contributed by atoms with E-state index in [1.165, 1.54) is 0 Å². The Morgan fingerprint density at radius 3 is 2.08 bits per heavy atom. The second-order valence-electron chi connectivity index (χ2n) is 3.10. The number of ether oxygens (including phenoxy) is 2. The third-order valence-electron chi connectivity index (χ3n) is 2.04. The Morgan fingerprint density at radius 1 is 1.08 bits per heavy atom. The van der Waals surface area contributed by atoms with Crippen LogP contribution in [-0.4, -0.2) is 32.2 Å². The molecule has 0 saturated carbocycles. The highest BCUT2D eigenvalue weighted by atomic mass is 16.7. The second-order valence-corrected chi connectivity index (χ2v) is 3.10. The number of aliphatic hydroxyl groups excluding tert-OH is 1. The van der Waals surface area contributed by atoms with Gasteiger partial charge in [0.1, 0.15) is 0 Å². The van der Waals surface area contributed by atoms with Gasteiger partial charge in [-0.15, -0.1) is 0 Å². The Labute approximate surface area is 74.7 Å². The summed E-state index contributed by atoms with van der Waals surface area (Å²) in [7, 11) is 3.29. The first kappa shape index (κ1) is 11.9. The van der Waals surface area contributed by atoms with Gasteiger partial charge in [-0.2, -0.15) is 0 Å². The van der Waals surface area contributed by atoms with E-state index >= 15 is 0 Å². The van der Waals surface area contributed by atoms with Crippen LogP contribution in [-0.2, 0) is 9.47 Å². The molecule has 0 amide bonds. The van der Waals surface area contributed by atoms with Crippen molar-refractivity contribution in [2.45, 2.75) is 32.5 Å². The molecular weight excluding hydrogens is 156 g/mol. The van der Waals surface area contributed by atoms with Gasteiger partial charge in [0.2, 0.25) is 0 Å². The molecule has 1 N–H and O–H groups in total. The highest BCUT2D eigenvalue weighted by Crippen LogP contribution is 2.12. The Bertz CT molecular complexity index is 91.8. The number of aliphatic hydroxyl groups is 1. The SMILES string of the molecule is COC(CCC(C)CCO)OC. The van der Waals surface area contributed by atoms with Crippen molar-refractivity contribution in [2.75, 3.05) is 20.8 Å². The van der Waals surface area contributed by atoms with Crippen LogP contribution in [0.3, 0.4) is 0 Å². The molecule has 0 aromatic heterocycles. The second kappa shape index (κ2) is 7.53. The van der Waals surface area contributed by atoms with E-state index in [4.69, 9.17) is 14.6 Å². The van der Waals surface area contributed by atoms with Crippen molar-refractivity contribution in [2.24, 2.45) is 5.92 Å². The summed E-state index contributed by atoms with van der Waals surface area (Å²) in [4.78, 5) is 0. The predicted molar refractivity (Wildman–Crippen MR) is 47.9 cm³/mol.